The molecule has 0 aromatic heterocycles. The van der Waals surface area contributed by atoms with Gasteiger partial charge in [0.25, 0.3) is 0 Å². The number of phosphoric ester groups is 1. The molecule has 0 radical (unpaired) electrons. The van der Waals surface area contributed by atoms with Gasteiger partial charge in [-0.1, -0.05) is 139 Å². The summed E-state index contributed by atoms with van der Waals surface area (Å²) in [5.74, 6) is -0.494. The van der Waals surface area contributed by atoms with Crippen LogP contribution in [0, 0.1) is 0 Å². The number of allylic oxidation sites excluding steroid dienone is 10. The normalized spacial score (nSPS) is 23.2. The van der Waals surface area contributed by atoms with Crippen molar-refractivity contribution in [3.05, 3.63) is 60.8 Å². The van der Waals surface area contributed by atoms with E-state index >= 15 is 0 Å². The minimum atomic E-state index is -5.02. The van der Waals surface area contributed by atoms with Crippen LogP contribution < -0.4 is 0 Å². The van der Waals surface area contributed by atoms with Crippen LogP contribution in [0.3, 0.4) is 0 Å². The quantitative estimate of drug-likeness (QED) is 0.0153. The molecule has 1 saturated carbocycles. The van der Waals surface area contributed by atoms with Crippen molar-refractivity contribution in [1.29, 1.82) is 0 Å². The highest BCUT2D eigenvalue weighted by Crippen LogP contribution is 2.47. The number of esters is 1. The molecule has 0 heterocycles. The molecule has 13 heteroatoms. The minimum Gasteiger partial charge on any atom is -0.457 e. The maximum absolute atomic E-state index is 12.8. The first-order valence-electron chi connectivity index (χ1n) is 22.1. The van der Waals surface area contributed by atoms with E-state index in [-0.39, 0.29) is 13.0 Å². The van der Waals surface area contributed by atoms with Gasteiger partial charge in [0.15, 0.2) is 0 Å². The monoisotopic (exact) mass is 843 g/mol. The molecule has 0 aliphatic heterocycles. The van der Waals surface area contributed by atoms with Crippen molar-refractivity contribution in [3.8, 4) is 0 Å². The molecule has 336 valence electrons. The third-order valence-electron chi connectivity index (χ3n) is 9.86. The number of hydrogen-bond acceptors (Lipinski definition) is 11. The average molecular weight is 843 g/mol. The third-order valence-corrected chi connectivity index (χ3v) is 10.8. The number of carbonyl (C=O) groups is 1. The molecule has 0 spiro atoms. The van der Waals surface area contributed by atoms with Gasteiger partial charge < -0.3 is 39.9 Å². The Bertz CT molecular complexity index is 1190. The number of aliphatic hydroxyl groups is 5. The van der Waals surface area contributed by atoms with Gasteiger partial charge in [-0.2, -0.15) is 0 Å². The SMILES string of the molecule is CC/C=C\C/C=C\C/C=C\CCCCCCCCCC(=O)OC(COCCCCCCCC/C=C\C/C=C\CCC)COP(=O)(O)OC1C(O)C(O)C(O)C(O)C1O. The molecule has 6 N–H and O–H groups in total. The van der Waals surface area contributed by atoms with Gasteiger partial charge in [0.1, 0.15) is 42.7 Å². The predicted molar refractivity (Wildman–Crippen MR) is 230 cm³/mol. The standard InChI is InChI=1S/C45H79O12P/c1-3-5-7-9-11-13-15-17-19-20-21-22-24-26-28-30-32-34-39(46)56-38(36-54-35-33-31-29-27-25-23-18-16-14-12-10-8-6-4-2)37-55-58(52,53)57-45-43(50)41(48)40(47)42(49)44(45)51/h5,7-8,10-11,13-14,16-17,19,38,40-45,47-51H,3-4,6,9,12,15,18,20-37H2,1-2H3,(H,52,53)/b7-5-,10-8-,13-11-,16-14-,19-17-. The number of hydrogen-bond donors (Lipinski definition) is 6. The fraction of sp³-hybridized carbons (Fsp3) is 0.756. The zero-order valence-corrected chi connectivity index (χ0v) is 36.5. The second-order valence-corrected chi connectivity index (χ2v) is 16.6. The Balaban J connectivity index is 2.43. The summed E-state index contributed by atoms with van der Waals surface area (Å²) < 4.78 is 34.1. The Morgan fingerprint density at radius 2 is 1.02 bits per heavy atom. The molecule has 6 unspecified atom stereocenters. The Morgan fingerprint density at radius 3 is 1.55 bits per heavy atom. The van der Waals surface area contributed by atoms with E-state index in [0.717, 1.165) is 116 Å². The van der Waals surface area contributed by atoms with E-state index in [1.165, 1.54) is 12.8 Å². The van der Waals surface area contributed by atoms with Gasteiger partial charge >= 0.3 is 13.8 Å². The zero-order valence-electron chi connectivity index (χ0n) is 35.6. The van der Waals surface area contributed by atoms with E-state index in [9.17, 15) is 39.8 Å². The van der Waals surface area contributed by atoms with Gasteiger partial charge in [0.05, 0.1) is 13.2 Å². The lowest BCUT2D eigenvalue weighted by molar-refractivity contribution is -0.220. The van der Waals surface area contributed by atoms with Crippen LogP contribution in [-0.4, -0.2) is 98.9 Å². The van der Waals surface area contributed by atoms with Gasteiger partial charge in [0, 0.05) is 13.0 Å². The topological polar surface area (TPSA) is 192 Å². The Labute approximate surface area is 349 Å². The van der Waals surface area contributed by atoms with E-state index in [4.69, 9.17) is 18.5 Å². The molecule has 6 atom stereocenters. The molecule has 58 heavy (non-hydrogen) atoms. The van der Waals surface area contributed by atoms with Crippen LogP contribution in [0.15, 0.2) is 60.8 Å². The summed E-state index contributed by atoms with van der Waals surface area (Å²) in [5.41, 5.74) is 0. The van der Waals surface area contributed by atoms with Crippen LogP contribution >= 0.6 is 7.82 Å². The highest BCUT2D eigenvalue weighted by Gasteiger charge is 2.51. The number of aliphatic hydroxyl groups excluding tert-OH is 5. The van der Waals surface area contributed by atoms with Crippen LogP contribution in [0.1, 0.15) is 155 Å². The van der Waals surface area contributed by atoms with Crippen LogP contribution in [0.4, 0.5) is 0 Å². The molecule has 0 amide bonds. The molecule has 1 fully saturated rings. The fourth-order valence-electron chi connectivity index (χ4n) is 6.35. The molecule has 0 bridgehead atoms. The highest BCUT2D eigenvalue weighted by molar-refractivity contribution is 7.47. The van der Waals surface area contributed by atoms with E-state index in [2.05, 4.69) is 74.6 Å². The van der Waals surface area contributed by atoms with Crippen molar-refractivity contribution in [2.24, 2.45) is 0 Å². The second-order valence-electron chi connectivity index (χ2n) is 15.2. The number of phosphoric acid groups is 1. The Morgan fingerprint density at radius 1 is 0.569 bits per heavy atom. The molecule has 0 saturated heterocycles. The summed E-state index contributed by atoms with van der Waals surface area (Å²) in [7, 11) is -5.02. The van der Waals surface area contributed by atoms with E-state index in [1.807, 2.05) is 0 Å². The molecule has 1 rings (SSSR count). The van der Waals surface area contributed by atoms with Crippen molar-refractivity contribution in [1.82, 2.24) is 0 Å². The van der Waals surface area contributed by atoms with Crippen molar-refractivity contribution >= 4 is 13.8 Å². The summed E-state index contributed by atoms with van der Waals surface area (Å²) in [6.07, 6.45) is 31.4. The van der Waals surface area contributed by atoms with Crippen LogP contribution in [0.25, 0.3) is 0 Å². The summed E-state index contributed by atoms with van der Waals surface area (Å²) in [4.78, 5) is 23.1. The van der Waals surface area contributed by atoms with E-state index < -0.39 is 63.1 Å². The van der Waals surface area contributed by atoms with Crippen LogP contribution in [0.2, 0.25) is 0 Å². The lowest BCUT2D eigenvalue weighted by Gasteiger charge is -2.41. The third kappa shape index (κ3) is 27.7. The number of rotatable bonds is 36. The lowest BCUT2D eigenvalue weighted by Crippen LogP contribution is -2.64. The smallest absolute Gasteiger partial charge is 0.457 e. The number of ether oxygens (including phenoxy) is 2. The average Bonchev–Trinajstić information content (AvgIpc) is 3.21. The van der Waals surface area contributed by atoms with Gasteiger partial charge in [0.2, 0.25) is 0 Å². The Hall–Kier alpha value is -1.96. The maximum atomic E-state index is 12.8. The zero-order chi connectivity index (χ0) is 42.7. The molecule has 1 aliphatic carbocycles. The summed E-state index contributed by atoms with van der Waals surface area (Å²) in [5, 5.41) is 50.1. The largest absolute Gasteiger partial charge is 0.472 e. The molecular formula is C45H79O12P. The van der Waals surface area contributed by atoms with Crippen LogP contribution in [-0.2, 0) is 27.9 Å². The van der Waals surface area contributed by atoms with Gasteiger partial charge in [-0.05, 0) is 70.6 Å². The summed E-state index contributed by atoms with van der Waals surface area (Å²) in [6.45, 7) is 4.03. The van der Waals surface area contributed by atoms with Crippen molar-refractivity contribution < 1.29 is 58.3 Å². The molecule has 0 aromatic rings. The predicted octanol–water partition coefficient (Wildman–Crippen LogP) is 8.64. The number of unbranched alkanes of at least 4 members (excludes halogenated alkanes) is 14. The van der Waals surface area contributed by atoms with E-state index in [0.29, 0.717) is 13.0 Å². The number of carbonyl (C=O) groups excluding carboxylic acids is 1. The molecule has 1 aliphatic rings. The first-order chi connectivity index (χ1) is 28.0. The van der Waals surface area contributed by atoms with E-state index in [1.54, 1.807) is 0 Å². The first kappa shape index (κ1) is 54.1. The summed E-state index contributed by atoms with van der Waals surface area (Å²) in [6, 6.07) is 0. The Kier molecular flexibility index (Phi) is 33.3. The van der Waals surface area contributed by atoms with Crippen molar-refractivity contribution in [3.63, 3.8) is 0 Å². The van der Waals surface area contributed by atoms with Crippen molar-refractivity contribution in [2.75, 3.05) is 19.8 Å². The van der Waals surface area contributed by atoms with Crippen LogP contribution in [0.5, 0.6) is 0 Å². The lowest BCUT2D eigenvalue weighted by atomic mass is 9.85. The van der Waals surface area contributed by atoms with Crippen molar-refractivity contribution in [2.45, 2.75) is 198 Å². The second kappa shape index (κ2) is 35.8. The summed E-state index contributed by atoms with van der Waals surface area (Å²) >= 11 is 0. The molecule has 12 nitrogen and oxygen atoms in total. The van der Waals surface area contributed by atoms with Gasteiger partial charge in [-0.25, -0.2) is 4.57 Å². The minimum absolute atomic E-state index is 0.0907. The van der Waals surface area contributed by atoms with Gasteiger partial charge in [-0.3, -0.25) is 13.8 Å². The maximum Gasteiger partial charge on any atom is 0.472 e. The highest BCUT2D eigenvalue weighted by atomic mass is 31.2. The fourth-order valence-corrected chi connectivity index (χ4v) is 7.32. The molecule has 0 aromatic carbocycles. The first-order valence-corrected chi connectivity index (χ1v) is 23.6. The van der Waals surface area contributed by atoms with Gasteiger partial charge in [-0.15, -0.1) is 0 Å². The molecular weight excluding hydrogens is 763 g/mol.